The summed E-state index contributed by atoms with van der Waals surface area (Å²) in [5.74, 6) is 1.70. The van der Waals surface area contributed by atoms with E-state index in [0.29, 0.717) is 12.5 Å². The van der Waals surface area contributed by atoms with Crippen molar-refractivity contribution in [3.8, 4) is 0 Å². The summed E-state index contributed by atoms with van der Waals surface area (Å²) in [5, 5.41) is 8.60. The molecule has 2 aromatic heterocycles. The van der Waals surface area contributed by atoms with Gasteiger partial charge in [0.1, 0.15) is 5.82 Å². The van der Waals surface area contributed by atoms with Gasteiger partial charge in [0.2, 0.25) is 0 Å². The van der Waals surface area contributed by atoms with E-state index in [-0.39, 0.29) is 12.4 Å². The zero-order valence-corrected chi connectivity index (χ0v) is 15.5. The maximum absolute atomic E-state index is 4.33. The fourth-order valence-corrected chi connectivity index (χ4v) is 4.28. The number of rotatable bonds is 3. The number of halogens is 1. The first kappa shape index (κ1) is 17.0. The van der Waals surface area contributed by atoms with Gasteiger partial charge in [-0.15, -0.1) is 12.4 Å². The first-order valence-corrected chi connectivity index (χ1v) is 8.91. The van der Waals surface area contributed by atoms with Gasteiger partial charge in [-0.25, -0.2) is 4.98 Å². The SMILES string of the molecule is Cc1nccn1Cc1cc(C2=CCC3CCc4cccc2c43)cnn1.Cl. The first-order chi connectivity index (χ1) is 12.3. The van der Waals surface area contributed by atoms with Crippen LogP contribution in [0.1, 0.15) is 52.5 Å². The van der Waals surface area contributed by atoms with E-state index >= 15 is 0 Å². The first-order valence-electron chi connectivity index (χ1n) is 8.91. The molecule has 3 aromatic rings. The molecule has 0 saturated heterocycles. The molecule has 0 amide bonds. The highest BCUT2D eigenvalue weighted by Crippen LogP contribution is 2.45. The Morgan fingerprint density at radius 2 is 2.19 bits per heavy atom. The number of hydrogen-bond acceptors (Lipinski definition) is 3. The molecule has 0 N–H and O–H groups in total. The second-order valence-corrected chi connectivity index (χ2v) is 7.01. The van der Waals surface area contributed by atoms with E-state index in [1.807, 2.05) is 25.5 Å². The van der Waals surface area contributed by atoms with Crippen LogP contribution in [0, 0.1) is 6.92 Å². The summed E-state index contributed by atoms with van der Waals surface area (Å²) in [6.45, 7) is 2.71. The van der Waals surface area contributed by atoms with E-state index < -0.39 is 0 Å². The van der Waals surface area contributed by atoms with E-state index in [0.717, 1.165) is 17.9 Å². The molecule has 0 spiro atoms. The summed E-state index contributed by atoms with van der Waals surface area (Å²) in [6, 6.07) is 8.93. The predicted octanol–water partition coefficient (Wildman–Crippen LogP) is 4.32. The van der Waals surface area contributed by atoms with Crippen LogP contribution in [0.2, 0.25) is 0 Å². The minimum absolute atomic E-state index is 0. The van der Waals surface area contributed by atoms with E-state index in [1.165, 1.54) is 35.1 Å². The third-order valence-electron chi connectivity index (χ3n) is 5.54. The van der Waals surface area contributed by atoms with Gasteiger partial charge in [-0.05, 0) is 60.4 Å². The van der Waals surface area contributed by atoms with Gasteiger partial charge in [0, 0.05) is 18.0 Å². The molecular formula is C21H21ClN4. The fourth-order valence-electron chi connectivity index (χ4n) is 4.28. The van der Waals surface area contributed by atoms with Gasteiger partial charge in [0.25, 0.3) is 0 Å². The molecule has 1 atom stereocenters. The average molecular weight is 365 g/mol. The van der Waals surface area contributed by atoms with Gasteiger partial charge >= 0.3 is 0 Å². The van der Waals surface area contributed by atoms with Crippen molar-refractivity contribution in [2.75, 3.05) is 0 Å². The van der Waals surface area contributed by atoms with Crippen LogP contribution in [0.3, 0.4) is 0 Å². The highest BCUT2D eigenvalue weighted by molar-refractivity contribution is 5.85. The summed E-state index contributed by atoms with van der Waals surface area (Å²) in [6.07, 6.45) is 11.7. The van der Waals surface area contributed by atoms with Crippen LogP contribution in [0.4, 0.5) is 0 Å². The molecule has 132 valence electrons. The molecule has 0 aliphatic heterocycles. The van der Waals surface area contributed by atoms with E-state index in [9.17, 15) is 0 Å². The molecule has 0 saturated carbocycles. The van der Waals surface area contributed by atoms with Crippen molar-refractivity contribution >= 4 is 18.0 Å². The van der Waals surface area contributed by atoms with Crippen molar-refractivity contribution < 1.29 is 0 Å². The van der Waals surface area contributed by atoms with Crippen LogP contribution in [0.5, 0.6) is 0 Å². The standard InChI is InChI=1S/C21H20N4.ClH/c1-14-22-9-10-25(14)13-18-11-17(12-23-24-18)19-8-7-16-6-5-15-3-2-4-20(19)21(15)16;/h2-4,8-12,16H,5-7,13H2,1H3;1H. The minimum Gasteiger partial charge on any atom is -0.329 e. The summed E-state index contributed by atoms with van der Waals surface area (Å²) in [7, 11) is 0. The lowest BCUT2D eigenvalue weighted by Crippen LogP contribution is -2.07. The zero-order valence-electron chi connectivity index (χ0n) is 14.7. The zero-order chi connectivity index (χ0) is 16.8. The normalized spacial score (nSPS) is 17.4. The second-order valence-electron chi connectivity index (χ2n) is 7.01. The number of allylic oxidation sites excluding steroid dienone is 1. The average Bonchev–Trinajstić information content (AvgIpc) is 3.24. The summed E-state index contributed by atoms with van der Waals surface area (Å²) in [5.41, 5.74) is 7.95. The van der Waals surface area contributed by atoms with Crippen LogP contribution in [0.15, 0.2) is 48.9 Å². The Morgan fingerprint density at radius 1 is 1.27 bits per heavy atom. The minimum atomic E-state index is 0. The summed E-state index contributed by atoms with van der Waals surface area (Å²) < 4.78 is 2.10. The van der Waals surface area contributed by atoms with E-state index in [2.05, 4.69) is 50.1 Å². The number of imidazole rings is 1. The molecule has 5 rings (SSSR count). The van der Waals surface area contributed by atoms with E-state index in [4.69, 9.17) is 0 Å². The number of nitrogens with zero attached hydrogens (tertiary/aromatic N) is 4. The van der Waals surface area contributed by atoms with Crippen LogP contribution < -0.4 is 0 Å². The Balaban J connectivity index is 0.00000168. The van der Waals surface area contributed by atoms with Gasteiger partial charge in [0.05, 0.1) is 18.4 Å². The number of aromatic nitrogens is 4. The highest BCUT2D eigenvalue weighted by atomic mass is 35.5. The van der Waals surface area contributed by atoms with Crippen molar-refractivity contribution in [2.24, 2.45) is 0 Å². The molecule has 2 aliphatic rings. The topological polar surface area (TPSA) is 43.6 Å². The highest BCUT2D eigenvalue weighted by Gasteiger charge is 2.29. The molecule has 1 aromatic carbocycles. The Labute approximate surface area is 159 Å². The number of aryl methyl sites for hydroxylation is 2. The monoisotopic (exact) mass is 364 g/mol. The van der Waals surface area contributed by atoms with Crippen LogP contribution in [0.25, 0.3) is 5.57 Å². The van der Waals surface area contributed by atoms with Crippen LogP contribution in [-0.4, -0.2) is 19.7 Å². The second kappa shape index (κ2) is 6.69. The third-order valence-corrected chi connectivity index (χ3v) is 5.54. The molecule has 26 heavy (non-hydrogen) atoms. The largest absolute Gasteiger partial charge is 0.329 e. The smallest absolute Gasteiger partial charge is 0.105 e. The van der Waals surface area contributed by atoms with Crippen molar-refractivity contribution in [1.82, 2.24) is 19.7 Å². The maximum atomic E-state index is 4.33. The Hall–Kier alpha value is -2.46. The molecule has 0 fully saturated rings. The van der Waals surface area contributed by atoms with Crippen molar-refractivity contribution in [1.29, 1.82) is 0 Å². The van der Waals surface area contributed by atoms with Crippen LogP contribution >= 0.6 is 12.4 Å². The van der Waals surface area contributed by atoms with Gasteiger partial charge in [0.15, 0.2) is 0 Å². The fraction of sp³-hybridized carbons (Fsp3) is 0.286. The van der Waals surface area contributed by atoms with E-state index in [1.54, 1.807) is 5.56 Å². The van der Waals surface area contributed by atoms with Gasteiger partial charge in [-0.3, -0.25) is 0 Å². The van der Waals surface area contributed by atoms with Gasteiger partial charge < -0.3 is 4.57 Å². The number of hydrogen-bond donors (Lipinski definition) is 0. The van der Waals surface area contributed by atoms with Gasteiger partial charge in [-0.1, -0.05) is 24.3 Å². The van der Waals surface area contributed by atoms with Crippen molar-refractivity contribution in [3.63, 3.8) is 0 Å². The molecular weight excluding hydrogens is 344 g/mol. The Kier molecular flexibility index (Phi) is 4.37. The molecule has 2 heterocycles. The summed E-state index contributed by atoms with van der Waals surface area (Å²) in [4.78, 5) is 4.28. The lowest BCUT2D eigenvalue weighted by Gasteiger charge is -2.23. The Bertz CT molecular complexity index is 989. The van der Waals surface area contributed by atoms with Crippen molar-refractivity contribution in [3.05, 3.63) is 82.7 Å². The maximum Gasteiger partial charge on any atom is 0.105 e. The Morgan fingerprint density at radius 3 is 3.04 bits per heavy atom. The molecule has 1 unspecified atom stereocenters. The van der Waals surface area contributed by atoms with Crippen molar-refractivity contribution in [2.45, 2.75) is 38.6 Å². The lowest BCUT2D eigenvalue weighted by molar-refractivity contribution is 0.682. The summed E-state index contributed by atoms with van der Waals surface area (Å²) >= 11 is 0. The predicted molar refractivity (Wildman–Crippen MR) is 105 cm³/mol. The number of benzene rings is 1. The molecule has 0 radical (unpaired) electrons. The third kappa shape index (κ3) is 2.74. The van der Waals surface area contributed by atoms with Gasteiger partial charge in [-0.2, -0.15) is 10.2 Å². The molecule has 2 aliphatic carbocycles. The molecule has 4 nitrogen and oxygen atoms in total. The molecule has 0 bridgehead atoms. The molecule has 5 heteroatoms. The van der Waals surface area contributed by atoms with Crippen LogP contribution in [-0.2, 0) is 13.0 Å². The lowest BCUT2D eigenvalue weighted by atomic mass is 9.82. The quantitative estimate of drug-likeness (QED) is 0.695.